The summed E-state index contributed by atoms with van der Waals surface area (Å²) < 4.78 is 57.1. The van der Waals surface area contributed by atoms with E-state index in [0.717, 1.165) is 15.4 Å². The number of amides is 2. The number of anilines is 1. The minimum Gasteiger partial charge on any atom is -0.480 e. The van der Waals surface area contributed by atoms with Crippen LogP contribution in [-0.4, -0.2) is 69.2 Å². The summed E-state index contributed by atoms with van der Waals surface area (Å²) in [5.74, 6) is -2.28. The summed E-state index contributed by atoms with van der Waals surface area (Å²) in [6.07, 6.45) is 0.686. The number of sulfonamides is 2. The number of aryl methyl sites for hydroxylation is 1. The summed E-state index contributed by atoms with van der Waals surface area (Å²) in [6.45, 7) is 6.91. The molecule has 0 fully saturated rings. The fourth-order valence-corrected chi connectivity index (χ4v) is 7.97. The van der Waals surface area contributed by atoms with Crippen molar-refractivity contribution >= 4 is 43.5 Å². The van der Waals surface area contributed by atoms with Crippen LogP contribution in [0, 0.1) is 12.8 Å². The summed E-state index contributed by atoms with van der Waals surface area (Å²) in [5.41, 5.74) is 2.02. The fourth-order valence-electron chi connectivity index (χ4n) is 5.00. The molecule has 12 nitrogen and oxygen atoms in total. The largest absolute Gasteiger partial charge is 0.480 e. The van der Waals surface area contributed by atoms with Gasteiger partial charge in [0, 0.05) is 25.7 Å². The first-order valence-corrected chi connectivity index (χ1v) is 18.6. The first-order chi connectivity index (χ1) is 22.6. The Morgan fingerprint density at radius 1 is 0.833 bits per heavy atom. The predicted molar refractivity (Wildman–Crippen MR) is 183 cm³/mol. The molecule has 1 unspecified atom stereocenters. The summed E-state index contributed by atoms with van der Waals surface area (Å²) in [6, 6.07) is 18.2. The van der Waals surface area contributed by atoms with Crippen LogP contribution in [0.2, 0.25) is 0 Å². The van der Waals surface area contributed by atoms with E-state index in [1.54, 1.807) is 42.5 Å². The quantitative estimate of drug-likeness (QED) is 0.144. The molecule has 2 atom stereocenters. The Hall–Kier alpha value is -4.11. The molecule has 0 aromatic heterocycles. The molecule has 0 aliphatic carbocycles. The Morgan fingerprint density at radius 2 is 1.44 bits per heavy atom. The Bertz CT molecular complexity index is 1750. The lowest BCUT2D eigenvalue weighted by molar-refractivity contribution is -0.142. The van der Waals surface area contributed by atoms with Crippen LogP contribution in [-0.2, 0) is 40.9 Å². The number of carbonyl (C=O) groups excluding carboxylic acids is 2. The summed E-state index contributed by atoms with van der Waals surface area (Å²) in [5, 5.41) is 15.4. The normalized spacial score (nSPS) is 13.2. The number of unbranched alkanes of at least 4 members (excludes halogenated alkanes) is 1. The second-order valence-corrected chi connectivity index (χ2v) is 15.6. The van der Waals surface area contributed by atoms with E-state index in [-0.39, 0.29) is 54.0 Å². The van der Waals surface area contributed by atoms with Gasteiger partial charge in [0.2, 0.25) is 31.9 Å². The van der Waals surface area contributed by atoms with Crippen LogP contribution in [0.4, 0.5) is 5.69 Å². The Morgan fingerprint density at radius 3 is 2.00 bits per heavy atom. The summed E-state index contributed by atoms with van der Waals surface area (Å²) in [4.78, 5) is 36.9. The molecular weight excluding hydrogens is 657 g/mol. The van der Waals surface area contributed by atoms with Gasteiger partial charge in [-0.15, -0.1) is 0 Å². The Kier molecular flexibility index (Phi) is 13.8. The highest BCUT2D eigenvalue weighted by Gasteiger charge is 2.36. The van der Waals surface area contributed by atoms with Gasteiger partial charge >= 0.3 is 5.97 Å². The molecule has 0 radical (unpaired) electrons. The molecule has 2 amide bonds. The molecule has 3 aromatic carbocycles. The zero-order valence-corrected chi connectivity index (χ0v) is 29.2. The highest BCUT2D eigenvalue weighted by atomic mass is 32.2. The number of hydrogen-bond acceptors (Lipinski definition) is 7. The molecule has 0 aliphatic heterocycles. The minimum atomic E-state index is -4.14. The molecule has 4 N–H and O–H groups in total. The number of benzene rings is 3. The van der Waals surface area contributed by atoms with Crippen molar-refractivity contribution in [3.8, 4) is 0 Å². The van der Waals surface area contributed by atoms with Crippen molar-refractivity contribution in [2.45, 2.75) is 75.3 Å². The van der Waals surface area contributed by atoms with Gasteiger partial charge in [0.05, 0.1) is 9.79 Å². The predicted octanol–water partition coefficient (Wildman–Crippen LogP) is 3.93. The number of aliphatic carboxylic acids is 1. The number of nitrogens with zero attached hydrogens (tertiary/aromatic N) is 1. The zero-order valence-electron chi connectivity index (χ0n) is 27.5. The maximum atomic E-state index is 13.5. The van der Waals surface area contributed by atoms with Gasteiger partial charge in [0.1, 0.15) is 12.1 Å². The second kappa shape index (κ2) is 17.3. The van der Waals surface area contributed by atoms with E-state index >= 15 is 0 Å². The van der Waals surface area contributed by atoms with Gasteiger partial charge in [-0.05, 0) is 80.5 Å². The monoisotopic (exact) mass is 700 g/mol. The van der Waals surface area contributed by atoms with E-state index in [0.29, 0.717) is 12.1 Å². The average molecular weight is 701 g/mol. The fraction of sp³-hybridized carbons (Fsp3) is 0.382. The number of hydrogen-bond donors (Lipinski definition) is 4. The first-order valence-electron chi connectivity index (χ1n) is 15.6. The highest BCUT2D eigenvalue weighted by Crippen LogP contribution is 2.23. The summed E-state index contributed by atoms with van der Waals surface area (Å²) >= 11 is 0. The molecule has 0 spiro atoms. The molecule has 0 bridgehead atoms. The van der Waals surface area contributed by atoms with Crippen LogP contribution >= 0.6 is 0 Å². The Labute approximate surface area is 283 Å². The average Bonchev–Trinajstić information content (AvgIpc) is 3.01. The number of nitrogens with one attached hydrogen (secondary N) is 3. The molecule has 3 rings (SSSR count). The van der Waals surface area contributed by atoms with Crippen molar-refractivity contribution < 1.29 is 36.3 Å². The van der Waals surface area contributed by atoms with Crippen molar-refractivity contribution in [1.82, 2.24) is 14.3 Å². The SMILES string of the molecule is CC(=O)Nc1ccc(S(=O)(=O)N[C@@H](Cc2ccccc2)C(=O)NCCCCC(C(=O)O)N(CC(C)C)S(=O)(=O)c2ccc(C)cc2)cc1. The number of carboxylic acids is 1. The molecule has 3 aromatic rings. The van der Waals surface area contributed by atoms with Gasteiger partial charge in [-0.3, -0.25) is 14.4 Å². The van der Waals surface area contributed by atoms with Gasteiger partial charge in [0.15, 0.2) is 0 Å². The maximum absolute atomic E-state index is 13.5. The third kappa shape index (κ3) is 11.3. The lowest BCUT2D eigenvalue weighted by Gasteiger charge is -2.29. The molecule has 0 saturated heterocycles. The minimum absolute atomic E-state index is 0.0115. The van der Waals surface area contributed by atoms with E-state index in [4.69, 9.17) is 0 Å². The van der Waals surface area contributed by atoms with E-state index in [1.807, 2.05) is 20.8 Å². The third-order valence-corrected chi connectivity index (χ3v) is 10.8. The van der Waals surface area contributed by atoms with Crippen molar-refractivity contribution in [2.75, 3.05) is 18.4 Å². The molecule has 0 aliphatic rings. The molecule has 48 heavy (non-hydrogen) atoms. The molecule has 0 heterocycles. The number of carbonyl (C=O) groups is 3. The number of rotatable bonds is 18. The van der Waals surface area contributed by atoms with Crippen LogP contribution in [0.25, 0.3) is 0 Å². The van der Waals surface area contributed by atoms with E-state index in [9.17, 15) is 36.3 Å². The maximum Gasteiger partial charge on any atom is 0.322 e. The number of carboxylic acid groups (broad SMARTS) is 1. The summed E-state index contributed by atoms with van der Waals surface area (Å²) in [7, 11) is -8.24. The lowest BCUT2D eigenvalue weighted by Crippen LogP contribution is -2.48. The van der Waals surface area contributed by atoms with Gasteiger partial charge in [-0.2, -0.15) is 9.03 Å². The Balaban J connectivity index is 1.68. The molecule has 14 heteroatoms. The van der Waals surface area contributed by atoms with Crippen molar-refractivity contribution in [3.63, 3.8) is 0 Å². The van der Waals surface area contributed by atoms with Gasteiger partial charge < -0.3 is 15.7 Å². The smallest absolute Gasteiger partial charge is 0.322 e. The highest BCUT2D eigenvalue weighted by molar-refractivity contribution is 7.89. The second-order valence-electron chi connectivity index (χ2n) is 12.0. The zero-order chi connectivity index (χ0) is 35.5. The van der Waals surface area contributed by atoms with E-state index < -0.39 is 44.0 Å². The van der Waals surface area contributed by atoms with E-state index in [1.165, 1.54) is 43.3 Å². The lowest BCUT2D eigenvalue weighted by atomic mass is 10.1. The topological polar surface area (TPSA) is 179 Å². The van der Waals surface area contributed by atoms with Crippen LogP contribution in [0.1, 0.15) is 51.2 Å². The van der Waals surface area contributed by atoms with E-state index in [2.05, 4.69) is 15.4 Å². The van der Waals surface area contributed by atoms with Crippen LogP contribution in [0.3, 0.4) is 0 Å². The van der Waals surface area contributed by atoms with Crippen LogP contribution in [0.5, 0.6) is 0 Å². The standard InChI is InChI=1S/C34H44N4O8S2/c1-24(2)23-38(48(45,46)30-17-13-25(3)14-18-30)32(34(41)42)12-8-9-21-35-33(40)31(22-27-10-6-5-7-11-27)37-47(43,44)29-19-15-28(16-20-29)36-26(4)39/h5-7,10-11,13-20,24,31-32,37H,8-9,12,21-23H2,1-4H3,(H,35,40)(H,36,39)(H,41,42)/t31-,32?/m0/s1. The van der Waals surface area contributed by atoms with Crippen molar-refractivity contribution in [2.24, 2.45) is 5.92 Å². The third-order valence-electron chi connectivity index (χ3n) is 7.39. The first kappa shape index (κ1) is 38.3. The van der Waals surface area contributed by atoms with Crippen LogP contribution in [0.15, 0.2) is 88.7 Å². The van der Waals surface area contributed by atoms with Gasteiger partial charge in [0.25, 0.3) is 0 Å². The molecule has 0 saturated carbocycles. The van der Waals surface area contributed by atoms with Crippen LogP contribution < -0.4 is 15.4 Å². The van der Waals surface area contributed by atoms with Crippen molar-refractivity contribution in [1.29, 1.82) is 0 Å². The van der Waals surface area contributed by atoms with Gasteiger partial charge in [-0.25, -0.2) is 16.8 Å². The van der Waals surface area contributed by atoms with Gasteiger partial charge in [-0.1, -0.05) is 61.9 Å². The molecule has 260 valence electrons. The van der Waals surface area contributed by atoms with Crippen molar-refractivity contribution in [3.05, 3.63) is 90.0 Å². The molecular formula is C34H44N4O8S2.